The highest BCUT2D eigenvalue weighted by atomic mass is 32.2. The number of aromatic amines is 1. The third kappa shape index (κ3) is 3.54. The number of nitrogens with one attached hydrogen (secondary N) is 3. The maximum absolute atomic E-state index is 12.2. The first-order chi connectivity index (χ1) is 11.9. The Morgan fingerprint density at radius 1 is 1.12 bits per heavy atom. The zero-order chi connectivity index (χ0) is 18.0. The Bertz CT molecular complexity index is 918. The van der Waals surface area contributed by atoms with Crippen LogP contribution in [0.15, 0.2) is 29.2 Å². The Morgan fingerprint density at radius 2 is 1.80 bits per heavy atom. The minimum atomic E-state index is -4.02. The van der Waals surface area contributed by atoms with Gasteiger partial charge in [0.2, 0.25) is 0 Å². The molecule has 0 saturated heterocycles. The lowest BCUT2D eigenvalue weighted by molar-refractivity contribution is 0.0696. The van der Waals surface area contributed by atoms with Gasteiger partial charge in [0.25, 0.3) is 15.9 Å². The van der Waals surface area contributed by atoms with E-state index in [1.54, 1.807) is 0 Å². The molecule has 4 N–H and O–H groups in total. The number of nitrogens with zero attached hydrogens (tertiary/aromatic N) is 1. The normalized spacial score (nSPS) is 13.9. The number of aryl methyl sites for hydroxylation is 1. The number of hydrogen-bond donors (Lipinski definition) is 4. The largest absolute Gasteiger partial charge is 0.478 e. The molecule has 10 heteroatoms. The number of hydrogen-bond acceptors (Lipinski definition) is 5. The summed E-state index contributed by atoms with van der Waals surface area (Å²) in [7, 11) is -4.02. The fourth-order valence-corrected chi connectivity index (χ4v) is 3.52. The molecule has 1 aliphatic carbocycles. The summed E-state index contributed by atoms with van der Waals surface area (Å²) >= 11 is 0. The number of H-pyrrole nitrogens is 1. The molecule has 1 aromatic heterocycles. The summed E-state index contributed by atoms with van der Waals surface area (Å²) in [6.45, 7) is 0. The first-order valence-corrected chi connectivity index (χ1v) is 9.08. The van der Waals surface area contributed by atoms with Crippen molar-refractivity contribution < 1.29 is 23.1 Å². The number of aromatic nitrogens is 2. The minimum absolute atomic E-state index is 0.0360. The zero-order valence-electron chi connectivity index (χ0n) is 13.1. The average molecular weight is 364 g/mol. The van der Waals surface area contributed by atoms with E-state index < -0.39 is 21.9 Å². The van der Waals surface area contributed by atoms with Crippen LogP contribution in [0.5, 0.6) is 0 Å². The number of rotatable bonds is 5. The lowest BCUT2D eigenvalue weighted by Crippen LogP contribution is -2.42. The molecule has 1 aromatic carbocycles. The molecule has 0 unspecified atom stereocenters. The lowest BCUT2D eigenvalue weighted by Gasteiger charge is -2.11. The number of fused-ring (bicyclic) bond motifs is 1. The standard InChI is InChI=1S/C15H16N4O5S/c20-14(13-11-3-1-2-4-12(11)16-17-13)18-19-25(23,24)10-7-5-9(6-8-10)15(21)22/h5-8,19H,1-4H2,(H,16,17)(H,18,20)(H,21,22). The Balaban J connectivity index is 1.70. The maximum atomic E-state index is 12.2. The number of carboxylic acids is 1. The molecule has 3 rings (SSSR count). The number of hydrazine groups is 1. The number of sulfonamides is 1. The number of benzene rings is 1. The Hall–Kier alpha value is -2.72. The van der Waals surface area contributed by atoms with E-state index in [1.807, 2.05) is 4.83 Å². The molecule has 1 heterocycles. The molecule has 0 fully saturated rings. The summed E-state index contributed by atoms with van der Waals surface area (Å²) in [6.07, 6.45) is 3.51. The van der Waals surface area contributed by atoms with Crippen molar-refractivity contribution in [3.63, 3.8) is 0 Å². The highest BCUT2D eigenvalue weighted by Gasteiger charge is 2.23. The van der Waals surface area contributed by atoms with Gasteiger partial charge in [0, 0.05) is 11.3 Å². The van der Waals surface area contributed by atoms with Crippen molar-refractivity contribution in [1.29, 1.82) is 0 Å². The van der Waals surface area contributed by atoms with Gasteiger partial charge in [-0.1, -0.05) is 0 Å². The van der Waals surface area contributed by atoms with Crippen molar-refractivity contribution in [2.24, 2.45) is 0 Å². The Labute approximate surface area is 143 Å². The van der Waals surface area contributed by atoms with Crippen LogP contribution in [0.4, 0.5) is 0 Å². The minimum Gasteiger partial charge on any atom is -0.478 e. The molecule has 9 nitrogen and oxygen atoms in total. The van der Waals surface area contributed by atoms with Crippen molar-refractivity contribution in [3.8, 4) is 0 Å². The van der Waals surface area contributed by atoms with Crippen LogP contribution in [0.3, 0.4) is 0 Å². The first-order valence-electron chi connectivity index (χ1n) is 7.60. The van der Waals surface area contributed by atoms with Crippen LogP contribution in [-0.4, -0.2) is 35.6 Å². The summed E-state index contributed by atoms with van der Waals surface area (Å²) < 4.78 is 24.3. The molecule has 132 valence electrons. The third-order valence-electron chi connectivity index (χ3n) is 3.98. The summed E-state index contributed by atoms with van der Waals surface area (Å²) in [4.78, 5) is 24.8. The van der Waals surface area contributed by atoms with E-state index in [-0.39, 0.29) is 16.2 Å². The fourth-order valence-electron chi connectivity index (χ4n) is 2.68. The SMILES string of the molecule is O=C(O)c1ccc(S(=O)(=O)NNC(=O)c2n[nH]c3c2CCCC3)cc1. The molecule has 0 aliphatic heterocycles. The summed E-state index contributed by atoms with van der Waals surface area (Å²) in [5.41, 5.74) is 4.00. The Morgan fingerprint density at radius 3 is 2.48 bits per heavy atom. The number of amides is 1. The van der Waals surface area contributed by atoms with Crippen LogP contribution in [0.1, 0.15) is 44.9 Å². The van der Waals surface area contributed by atoms with E-state index in [0.717, 1.165) is 49.1 Å². The van der Waals surface area contributed by atoms with Gasteiger partial charge >= 0.3 is 5.97 Å². The van der Waals surface area contributed by atoms with E-state index in [9.17, 15) is 18.0 Å². The lowest BCUT2D eigenvalue weighted by atomic mass is 9.96. The van der Waals surface area contributed by atoms with Crippen LogP contribution in [0.2, 0.25) is 0 Å². The molecule has 0 atom stereocenters. The van der Waals surface area contributed by atoms with Crippen LogP contribution in [0.25, 0.3) is 0 Å². The first kappa shape index (κ1) is 17.1. The number of carboxylic acid groups (broad SMARTS) is 1. The van der Waals surface area contributed by atoms with Crippen molar-refractivity contribution in [3.05, 3.63) is 46.8 Å². The highest BCUT2D eigenvalue weighted by molar-refractivity contribution is 7.89. The van der Waals surface area contributed by atoms with Gasteiger partial charge in [-0.2, -0.15) is 5.10 Å². The second-order valence-corrected chi connectivity index (χ2v) is 7.31. The summed E-state index contributed by atoms with van der Waals surface area (Å²) in [5.74, 6) is -1.81. The smallest absolute Gasteiger partial charge is 0.335 e. The molecule has 1 aliphatic rings. The van der Waals surface area contributed by atoms with Gasteiger partial charge in [0.1, 0.15) is 0 Å². The van der Waals surface area contributed by atoms with E-state index >= 15 is 0 Å². The van der Waals surface area contributed by atoms with Crippen LogP contribution >= 0.6 is 0 Å². The highest BCUT2D eigenvalue weighted by Crippen LogP contribution is 2.21. The van der Waals surface area contributed by atoms with Crippen molar-refractivity contribution in [2.45, 2.75) is 30.6 Å². The predicted octanol–water partition coefficient (Wildman–Crippen LogP) is 0.610. The predicted molar refractivity (Wildman–Crippen MR) is 86.4 cm³/mol. The molecular weight excluding hydrogens is 348 g/mol. The summed E-state index contributed by atoms with van der Waals surface area (Å²) in [5, 5.41) is 15.6. The zero-order valence-corrected chi connectivity index (χ0v) is 13.9. The molecule has 0 bridgehead atoms. The van der Waals surface area contributed by atoms with E-state index in [2.05, 4.69) is 15.6 Å². The van der Waals surface area contributed by atoms with Gasteiger partial charge in [0.15, 0.2) is 5.69 Å². The van der Waals surface area contributed by atoms with Gasteiger partial charge in [-0.05, 0) is 49.9 Å². The Kier molecular flexibility index (Phi) is 4.55. The van der Waals surface area contributed by atoms with E-state index in [4.69, 9.17) is 5.11 Å². The van der Waals surface area contributed by atoms with Crippen LogP contribution in [0, 0.1) is 0 Å². The van der Waals surface area contributed by atoms with Gasteiger partial charge < -0.3 is 5.11 Å². The average Bonchev–Trinajstić information content (AvgIpc) is 3.04. The van der Waals surface area contributed by atoms with Gasteiger partial charge in [0.05, 0.1) is 10.5 Å². The quantitative estimate of drug-likeness (QED) is 0.573. The molecule has 1 amide bonds. The molecule has 0 saturated carbocycles. The maximum Gasteiger partial charge on any atom is 0.335 e. The van der Waals surface area contributed by atoms with Crippen molar-refractivity contribution >= 4 is 21.9 Å². The number of carbonyl (C=O) groups is 2. The van der Waals surface area contributed by atoms with Crippen LogP contribution in [-0.2, 0) is 22.9 Å². The molecule has 2 aromatic rings. The van der Waals surface area contributed by atoms with Gasteiger partial charge in [-0.25, -0.2) is 13.2 Å². The second-order valence-electron chi connectivity index (χ2n) is 5.63. The summed E-state index contributed by atoms with van der Waals surface area (Å²) in [6, 6.07) is 4.63. The monoisotopic (exact) mass is 364 g/mol. The molecule has 0 spiro atoms. The number of carbonyl (C=O) groups excluding carboxylic acids is 1. The third-order valence-corrected chi connectivity index (χ3v) is 5.25. The molecular formula is C15H16N4O5S. The van der Waals surface area contributed by atoms with Crippen molar-refractivity contribution in [2.75, 3.05) is 0 Å². The van der Waals surface area contributed by atoms with Gasteiger partial charge in [-0.15, -0.1) is 4.83 Å². The molecule has 0 radical (unpaired) electrons. The topological polar surface area (TPSA) is 141 Å². The second kappa shape index (κ2) is 6.65. The molecule has 25 heavy (non-hydrogen) atoms. The fraction of sp³-hybridized carbons (Fsp3) is 0.267. The number of aromatic carboxylic acids is 1. The van der Waals surface area contributed by atoms with Gasteiger partial charge in [-0.3, -0.25) is 15.3 Å². The van der Waals surface area contributed by atoms with E-state index in [1.165, 1.54) is 12.1 Å². The van der Waals surface area contributed by atoms with E-state index in [0.29, 0.717) is 0 Å². The van der Waals surface area contributed by atoms with Crippen LogP contribution < -0.4 is 10.3 Å². The van der Waals surface area contributed by atoms with Crippen molar-refractivity contribution in [1.82, 2.24) is 20.5 Å².